The van der Waals surface area contributed by atoms with Crippen molar-refractivity contribution in [3.63, 3.8) is 0 Å². The SMILES string of the molecule is COC1=CC=C(O)C(=O)C1C(=O)c1nn[nH]n1. The number of ketones is 2. The average Bonchev–Trinajstić information content (AvgIpc) is 2.85. The van der Waals surface area contributed by atoms with Crippen molar-refractivity contribution in [3.05, 3.63) is 29.5 Å². The first-order valence-electron chi connectivity index (χ1n) is 4.62. The minimum atomic E-state index is -1.26. The van der Waals surface area contributed by atoms with E-state index >= 15 is 0 Å². The average molecular weight is 236 g/mol. The summed E-state index contributed by atoms with van der Waals surface area (Å²) in [5, 5.41) is 21.6. The number of aromatic amines is 1. The number of aromatic nitrogens is 4. The summed E-state index contributed by atoms with van der Waals surface area (Å²) in [6.45, 7) is 0. The molecule has 0 bridgehead atoms. The quantitative estimate of drug-likeness (QED) is 0.539. The molecule has 0 radical (unpaired) electrons. The van der Waals surface area contributed by atoms with Gasteiger partial charge in [-0.25, -0.2) is 0 Å². The lowest BCUT2D eigenvalue weighted by Crippen LogP contribution is -2.31. The number of hydrogen-bond donors (Lipinski definition) is 2. The van der Waals surface area contributed by atoms with Gasteiger partial charge in [0.25, 0.3) is 0 Å². The second-order valence-corrected chi connectivity index (χ2v) is 3.22. The smallest absolute Gasteiger partial charge is 0.241 e. The van der Waals surface area contributed by atoms with Gasteiger partial charge >= 0.3 is 0 Å². The fraction of sp³-hybridized carbons (Fsp3) is 0.222. The first-order valence-corrected chi connectivity index (χ1v) is 4.62. The Morgan fingerprint density at radius 3 is 2.88 bits per heavy atom. The minimum absolute atomic E-state index is 0.127. The van der Waals surface area contributed by atoms with Crippen molar-refractivity contribution < 1.29 is 19.4 Å². The molecule has 1 atom stereocenters. The summed E-state index contributed by atoms with van der Waals surface area (Å²) in [5.41, 5.74) is 0. The second kappa shape index (κ2) is 4.16. The summed E-state index contributed by atoms with van der Waals surface area (Å²) in [5.74, 6) is -3.31. The molecule has 1 aromatic rings. The van der Waals surface area contributed by atoms with E-state index in [0.717, 1.165) is 0 Å². The Bertz CT molecular complexity index is 517. The molecule has 8 nitrogen and oxygen atoms in total. The zero-order chi connectivity index (χ0) is 12.4. The number of nitrogens with one attached hydrogen (secondary N) is 1. The van der Waals surface area contributed by atoms with Crippen LogP contribution in [0.3, 0.4) is 0 Å². The second-order valence-electron chi connectivity index (χ2n) is 3.22. The summed E-state index contributed by atoms with van der Waals surface area (Å²) in [6.07, 6.45) is 2.51. The number of rotatable bonds is 3. The Kier molecular flexibility index (Phi) is 2.69. The first-order chi connectivity index (χ1) is 8.15. The molecule has 0 saturated heterocycles. The Hall–Kier alpha value is -2.51. The van der Waals surface area contributed by atoms with Crippen LogP contribution in [0.25, 0.3) is 0 Å². The van der Waals surface area contributed by atoms with E-state index in [9.17, 15) is 14.7 Å². The predicted octanol–water partition coefficient (Wildman–Crippen LogP) is -0.447. The summed E-state index contributed by atoms with van der Waals surface area (Å²) in [7, 11) is 1.33. The van der Waals surface area contributed by atoms with Crippen LogP contribution in [0.15, 0.2) is 23.7 Å². The highest BCUT2D eigenvalue weighted by Gasteiger charge is 2.38. The van der Waals surface area contributed by atoms with Gasteiger partial charge in [-0.1, -0.05) is 0 Å². The molecule has 2 rings (SSSR count). The van der Waals surface area contributed by atoms with E-state index in [4.69, 9.17) is 4.74 Å². The maximum absolute atomic E-state index is 11.9. The van der Waals surface area contributed by atoms with E-state index in [1.807, 2.05) is 0 Å². The normalized spacial score (nSPS) is 19.6. The third kappa shape index (κ3) is 1.80. The van der Waals surface area contributed by atoms with Gasteiger partial charge in [0.1, 0.15) is 11.7 Å². The molecule has 1 unspecified atom stereocenters. The number of H-pyrrole nitrogens is 1. The summed E-state index contributed by atoms with van der Waals surface area (Å²) < 4.78 is 4.92. The van der Waals surface area contributed by atoms with Crippen molar-refractivity contribution in [2.24, 2.45) is 5.92 Å². The molecule has 0 spiro atoms. The number of hydrogen-bond acceptors (Lipinski definition) is 7. The van der Waals surface area contributed by atoms with E-state index in [2.05, 4.69) is 20.6 Å². The molecule has 1 aromatic heterocycles. The lowest BCUT2D eigenvalue weighted by molar-refractivity contribution is -0.120. The van der Waals surface area contributed by atoms with Gasteiger partial charge in [0, 0.05) is 0 Å². The van der Waals surface area contributed by atoms with Crippen molar-refractivity contribution in [1.82, 2.24) is 20.6 Å². The molecular formula is C9H8N4O4. The van der Waals surface area contributed by atoms with Gasteiger partial charge in [0.15, 0.2) is 5.76 Å². The van der Waals surface area contributed by atoms with Crippen LogP contribution in [0.2, 0.25) is 0 Å². The van der Waals surface area contributed by atoms with Gasteiger partial charge in [-0.3, -0.25) is 9.59 Å². The van der Waals surface area contributed by atoms with Gasteiger partial charge in [-0.15, -0.1) is 10.2 Å². The van der Waals surface area contributed by atoms with Crippen LogP contribution >= 0.6 is 0 Å². The number of allylic oxidation sites excluding steroid dienone is 4. The molecule has 0 aliphatic heterocycles. The van der Waals surface area contributed by atoms with Crippen LogP contribution in [-0.2, 0) is 9.53 Å². The molecule has 17 heavy (non-hydrogen) atoms. The standard InChI is InChI=1S/C9H8N4O4/c1-17-5-3-2-4(14)7(15)6(5)8(16)9-10-12-13-11-9/h2-3,6,14H,1H3,(H,10,11,12,13). The Balaban J connectivity index is 2.37. The number of tetrazole rings is 1. The van der Waals surface area contributed by atoms with Crippen LogP contribution in [-0.4, -0.2) is 44.4 Å². The number of Topliss-reactive ketones (excluding diaryl/α,β-unsaturated/α-hetero) is 2. The number of ether oxygens (including phenoxy) is 1. The largest absolute Gasteiger partial charge is 0.504 e. The van der Waals surface area contributed by atoms with Crippen LogP contribution in [0.1, 0.15) is 10.6 Å². The van der Waals surface area contributed by atoms with Crippen molar-refractivity contribution >= 4 is 11.6 Å². The maximum Gasteiger partial charge on any atom is 0.241 e. The number of nitrogens with zero attached hydrogens (tertiary/aromatic N) is 3. The number of methoxy groups -OCH3 is 1. The van der Waals surface area contributed by atoms with Crippen LogP contribution < -0.4 is 0 Å². The van der Waals surface area contributed by atoms with Crippen LogP contribution in [0.5, 0.6) is 0 Å². The predicted molar refractivity (Wildman–Crippen MR) is 52.8 cm³/mol. The number of carbonyl (C=O) groups is 2. The van der Waals surface area contributed by atoms with Crippen molar-refractivity contribution in [1.29, 1.82) is 0 Å². The molecule has 8 heteroatoms. The molecule has 0 amide bonds. The maximum atomic E-state index is 11.9. The molecule has 0 aromatic carbocycles. The lowest BCUT2D eigenvalue weighted by Gasteiger charge is -2.17. The third-order valence-electron chi connectivity index (χ3n) is 2.27. The van der Waals surface area contributed by atoms with E-state index in [0.29, 0.717) is 0 Å². The molecule has 0 fully saturated rings. The highest BCUT2D eigenvalue weighted by atomic mass is 16.5. The minimum Gasteiger partial charge on any atom is -0.504 e. The van der Waals surface area contributed by atoms with Crippen molar-refractivity contribution in [2.45, 2.75) is 0 Å². The molecule has 1 aliphatic carbocycles. The van der Waals surface area contributed by atoms with Gasteiger partial charge in [0.2, 0.25) is 17.4 Å². The Morgan fingerprint density at radius 2 is 2.29 bits per heavy atom. The van der Waals surface area contributed by atoms with E-state index in [-0.39, 0.29) is 11.6 Å². The monoisotopic (exact) mass is 236 g/mol. The summed E-state index contributed by atoms with van der Waals surface area (Å²) in [4.78, 5) is 23.6. The van der Waals surface area contributed by atoms with Gasteiger partial charge in [0.05, 0.1) is 7.11 Å². The fourth-order valence-electron chi connectivity index (χ4n) is 1.45. The molecule has 0 saturated carbocycles. The molecule has 2 N–H and O–H groups in total. The zero-order valence-corrected chi connectivity index (χ0v) is 8.75. The van der Waals surface area contributed by atoms with E-state index < -0.39 is 23.2 Å². The van der Waals surface area contributed by atoms with Crippen molar-refractivity contribution in [2.75, 3.05) is 7.11 Å². The molecule has 1 aliphatic rings. The topological polar surface area (TPSA) is 118 Å². The highest BCUT2D eigenvalue weighted by Crippen LogP contribution is 2.24. The van der Waals surface area contributed by atoms with Crippen LogP contribution in [0, 0.1) is 5.92 Å². The Morgan fingerprint density at radius 1 is 1.53 bits per heavy atom. The van der Waals surface area contributed by atoms with Gasteiger partial charge in [-0.2, -0.15) is 5.21 Å². The fourth-order valence-corrected chi connectivity index (χ4v) is 1.45. The van der Waals surface area contributed by atoms with Gasteiger partial charge < -0.3 is 9.84 Å². The van der Waals surface area contributed by atoms with Crippen LogP contribution in [0.4, 0.5) is 0 Å². The zero-order valence-electron chi connectivity index (χ0n) is 8.75. The summed E-state index contributed by atoms with van der Waals surface area (Å²) >= 11 is 0. The first kappa shape index (κ1) is 11.0. The molecule has 88 valence electrons. The number of aliphatic hydroxyl groups is 1. The van der Waals surface area contributed by atoms with Crippen molar-refractivity contribution in [3.8, 4) is 0 Å². The third-order valence-corrected chi connectivity index (χ3v) is 2.27. The van der Waals surface area contributed by atoms with E-state index in [1.165, 1.54) is 19.3 Å². The molecule has 1 heterocycles. The molecular weight excluding hydrogens is 228 g/mol. The lowest BCUT2D eigenvalue weighted by atomic mass is 9.91. The van der Waals surface area contributed by atoms with Gasteiger partial charge in [-0.05, 0) is 17.4 Å². The highest BCUT2D eigenvalue weighted by molar-refractivity contribution is 6.16. The summed E-state index contributed by atoms with van der Waals surface area (Å²) in [6, 6.07) is 0. The number of carbonyl (C=O) groups excluding carboxylic acids is 2. The Labute approximate surface area is 95.0 Å². The number of aliphatic hydroxyl groups excluding tert-OH is 1. The van der Waals surface area contributed by atoms with E-state index in [1.54, 1.807) is 0 Å².